The first kappa shape index (κ1) is 10.9. The van der Waals surface area contributed by atoms with Crippen molar-refractivity contribution in [3.63, 3.8) is 0 Å². The van der Waals surface area contributed by atoms with Crippen LogP contribution in [0.25, 0.3) is 0 Å². The quantitative estimate of drug-likeness (QED) is 0.826. The van der Waals surface area contributed by atoms with Crippen LogP contribution in [-0.2, 0) is 4.74 Å². The van der Waals surface area contributed by atoms with Crippen molar-refractivity contribution in [1.82, 2.24) is 0 Å². The lowest BCUT2D eigenvalue weighted by molar-refractivity contribution is 0.145. The van der Waals surface area contributed by atoms with Crippen molar-refractivity contribution in [1.29, 1.82) is 0 Å². The number of carbonyl (C=O) groups excluding carboxylic acids is 1. The summed E-state index contributed by atoms with van der Waals surface area (Å²) < 4.78 is 18.3. The molecule has 1 saturated heterocycles. The second kappa shape index (κ2) is 4.09. The number of amides is 1. The van der Waals surface area contributed by atoms with E-state index in [0.717, 1.165) is 0 Å². The summed E-state index contributed by atoms with van der Waals surface area (Å²) in [7, 11) is 0. The van der Waals surface area contributed by atoms with Gasteiger partial charge in [0, 0.05) is 6.54 Å². The Morgan fingerprint density at radius 3 is 2.94 bits per heavy atom. The van der Waals surface area contributed by atoms with Crippen LogP contribution in [-0.4, -0.2) is 25.3 Å². The monoisotopic (exact) mass is 224 g/mol. The van der Waals surface area contributed by atoms with Gasteiger partial charge in [0.15, 0.2) is 0 Å². The summed E-state index contributed by atoms with van der Waals surface area (Å²) in [6.07, 6.45) is -0.782. The van der Waals surface area contributed by atoms with E-state index in [1.54, 1.807) is 19.1 Å². The molecule has 16 heavy (non-hydrogen) atoms. The van der Waals surface area contributed by atoms with Crippen LogP contribution in [0.3, 0.4) is 0 Å². The highest BCUT2D eigenvalue weighted by atomic mass is 19.1. The van der Waals surface area contributed by atoms with Gasteiger partial charge >= 0.3 is 6.09 Å². The summed E-state index contributed by atoms with van der Waals surface area (Å²) in [5.41, 5.74) is 6.46. The number of hydrogen-bond donors (Lipinski definition) is 1. The molecule has 5 heteroatoms. The molecule has 1 amide bonds. The third kappa shape index (κ3) is 1.86. The topological polar surface area (TPSA) is 55.6 Å². The average molecular weight is 224 g/mol. The van der Waals surface area contributed by atoms with E-state index < -0.39 is 6.09 Å². The fourth-order valence-electron chi connectivity index (χ4n) is 1.60. The summed E-state index contributed by atoms with van der Waals surface area (Å²) >= 11 is 0. The number of carbonyl (C=O) groups is 1. The largest absolute Gasteiger partial charge is 0.443 e. The van der Waals surface area contributed by atoms with Gasteiger partial charge in [0.1, 0.15) is 11.9 Å². The Hall–Kier alpha value is -1.62. The lowest BCUT2D eigenvalue weighted by Crippen LogP contribution is -2.27. The van der Waals surface area contributed by atoms with E-state index in [1.165, 1.54) is 11.0 Å². The number of nitrogens with two attached hydrogens (primary N) is 1. The smallest absolute Gasteiger partial charge is 0.414 e. The number of anilines is 1. The van der Waals surface area contributed by atoms with Crippen molar-refractivity contribution < 1.29 is 13.9 Å². The molecule has 1 fully saturated rings. The van der Waals surface area contributed by atoms with E-state index in [2.05, 4.69) is 0 Å². The van der Waals surface area contributed by atoms with Gasteiger partial charge < -0.3 is 10.5 Å². The standard InChI is InChI=1S/C11H13FN2O2/c1-7-2-3-8(4-10(7)12)14-6-9(5-13)16-11(14)15/h2-4,9H,5-6,13H2,1H3/t9-/m0/s1. The number of rotatable bonds is 2. The van der Waals surface area contributed by atoms with Gasteiger partial charge in [-0.3, -0.25) is 4.90 Å². The lowest BCUT2D eigenvalue weighted by Gasteiger charge is -2.13. The van der Waals surface area contributed by atoms with Crippen molar-refractivity contribution in [2.75, 3.05) is 18.0 Å². The normalized spacial score (nSPS) is 20.1. The molecule has 1 atom stereocenters. The van der Waals surface area contributed by atoms with E-state index in [4.69, 9.17) is 10.5 Å². The summed E-state index contributed by atoms with van der Waals surface area (Å²) in [6, 6.07) is 4.65. The molecular weight excluding hydrogens is 211 g/mol. The Labute approximate surface area is 92.8 Å². The molecule has 2 N–H and O–H groups in total. The van der Waals surface area contributed by atoms with Gasteiger partial charge in [-0.1, -0.05) is 6.07 Å². The molecule has 4 nitrogen and oxygen atoms in total. The van der Waals surface area contributed by atoms with E-state index in [9.17, 15) is 9.18 Å². The van der Waals surface area contributed by atoms with Gasteiger partial charge in [-0.25, -0.2) is 9.18 Å². The molecule has 0 saturated carbocycles. The third-order valence-electron chi connectivity index (χ3n) is 2.60. The SMILES string of the molecule is Cc1ccc(N2C[C@H](CN)OC2=O)cc1F. The Balaban J connectivity index is 2.24. The number of halogens is 1. The van der Waals surface area contributed by atoms with Gasteiger partial charge in [-0.15, -0.1) is 0 Å². The van der Waals surface area contributed by atoms with Crippen LogP contribution in [0.15, 0.2) is 18.2 Å². The Bertz CT molecular complexity index is 422. The van der Waals surface area contributed by atoms with Crippen LogP contribution in [0, 0.1) is 12.7 Å². The Kier molecular flexibility index (Phi) is 2.78. The van der Waals surface area contributed by atoms with Crippen molar-refractivity contribution >= 4 is 11.8 Å². The zero-order valence-corrected chi connectivity index (χ0v) is 8.94. The summed E-state index contributed by atoms with van der Waals surface area (Å²) in [6.45, 7) is 2.32. The predicted molar refractivity (Wildman–Crippen MR) is 57.8 cm³/mol. The van der Waals surface area contributed by atoms with Crippen molar-refractivity contribution in [3.05, 3.63) is 29.6 Å². The summed E-state index contributed by atoms with van der Waals surface area (Å²) in [5.74, 6) is -0.332. The molecule has 0 bridgehead atoms. The number of cyclic esters (lactones) is 1. The first-order valence-corrected chi connectivity index (χ1v) is 5.06. The number of aryl methyl sites for hydroxylation is 1. The highest BCUT2D eigenvalue weighted by Crippen LogP contribution is 2.23. The maximum Gasteiger partial charge on any atom is 0.414 e. The number of benzene rings is 1. The van der Waals surface area contributed by atoms with Crippen molar-refractivity contribution in [2.45, 2.75) is 13.0 Å². The molecule has 1 aliphatic heterocycles. The van der Waals surface area contributed by atoms with Crippen LogP contribution >= 0.6 is 0 Å². The maximum atomic E-state index is 13.3. The molecule has 1 aromatic rings. The number of ether oxygens (including phenoxy) is 1. The van der Waals surface area contributed by atoms with Gasteiger partial charge in [-0.2, -0.15) is 0 Å². The Morgan fingerprint density at radius 2 is 2.38 bits per heavy atom. The second-order valence-electron chi connectivity index (χ2n) is 3.79. The molecular formula is C11H13FN2O2. The van der Waals surface area contributed by atoms with Crippen LogP contribution in [0.4, 0.5) is 14.9 Å². The van der Waals surface area contributed by atoms with Crippen LogP contribution in [0.5, 0.6) is 0 Å². The Morgan fingerprint density at radius 1 is 1.62 bits per heavy atom. The number of nitrogens with zero attached hydrogens (tertiary/aromatic N) is 1. The molecule has 1 aromatic carbocycles. The molecule has 0 aliphatic carbocycles. The maximum absolute atomic E-state index is 13.3. The molecule has 1 heterocycles. The fourth-order valence-corrected chi connectivity index (χ4v) is 1.60. The molecule has 0 spiro atoms. The van der Waals surface area contributed by atoms with Crippen molar-refractivity contribution in [2.24, 2.45) is 5.73 Å². The van der Waals surface area contributed by atoms with E-state index >= 15 is 0 Å². The minimum atomic E-state index is -0.473. The van der Waals surface area contributed by atoms with E-state index in [0.29, 0.717) is 17.8 Å². The minimum Gasteiger partial charge on any atom is -0.443 e. The fraction of sp³-hybridized carbons (Fsp3) is 0.364. The molecule has 0 aromatic heterocycles. The summed E-state index contributed by atoms with van der Waals surface area (Å²) in [4.78, 5) is 12.9. The zero-order valence-electron chi connectivity index (χ0n) is 8.94. The first-order valence-electron chi connectivity index (χ1n) is 5.06. The first-order chi connectivity index (χ1) is 7.61. The minimum absolute atomic E-state index is 0.274. The molecule has 1 aliphatic rings. The van der Waals surface area contributed by atoms with Gasteiger partial charge in [0.25, 0.3) is 0 Å². The number of hydrogen-bond acceptors (Lipinski definition) is 3. The van der Waals surface area contributed by atoms with E-state index in [-0.39, 0.29) is 18.5 Å². The van der Waals surface area contributed by atoms with Gasteiger partial charge in [0.2, 0.25) is 0 Å². The average Bonchev–Trinajstić information content (AvgIpc) is 2.64. The lowest BCUT2D eigenvalue weighted by atomic mass is 10.2. The molecule has 2 rings (SSSR count). The molecule has 0 radical (unpaired) electrons. The second-order valence-corrected chi connectivity index (χ2v) is 3.79. The van der Waals surface area contributed by atoms with Gasteiger partial charge in [0.05, 0.1) is 12.2 Å². The highest BCUT2D eigenvalue weighted by Gasteiger charge is 2.31. The third-order valence-corrected chi connectivity index (χ3v) is 2.60. The van der Waals surface area contributed by atoms with Crippen LogP contribution in [0.2, 0.25) is 0 Å². The van der Waals surface area contributed by atoms with E-state index in [1.807, 2.05) is 0 Å². The van der Waals surface area contributed by atoms with Gasteiger partial charge in [-0.05, 0) is 24.6 Å². The predicted octanol–water partition coefficient (Wildman–Crippen LogP) is 1.42. The van der Waals surface area contributed by atoms with Crippen molar-refractivity contribution in [3.8, 4) is 0 Å². The molecule has 0 unspecified atom stereocenters. The highest BCUT2D eigenvalue weighted by molar-refractivity contribution is 5.89. The zero-order chi connectivity index (χ0) is 11.7. The molecule has 86 valence electrons. The summed E-state index contributed by atoms with van der Waals surface area (Å²) in [5, 5.41) is 0. The van der Waals surface area contributed by atoms with Crippen LogP contribution in [0.1, 0.15) is 5.56 Å². The van der Waals surface area contributed by atoms with Crippen LogP contribution < -0.4 is 10.6 Å².